The van der Waals surface area contributed by atoms with Gasteiger partial charge in [-0.05, 0) is 6.07 Å². The fourth-order valence-electron chi connectivity index (χ4n) is 2.61. The van der Waals surface area contributed by atoms with Crippen LogP contribution in [0.3, 0.4) is 0 Å². The number of nitro benzene ring substituents is 1. The Bertz CT molecular complexity index is 1120. The number of nitrogens with zero attached hydrogens (tertiary/aromatic N) is 2. The van der Waals surface area contributed by atoms with Crippen LogP contribution in [0.1, 0.15) is 15.9 Å². The third-order valence-electron chi connectivity index (χ3n) is 3.86. The first-order valence-electron chi connectivity index (χ1n) is 7.52. The number of benzene rings is 2. The molecule has 11 heteroatoms. The number of para-hydroxylation sites is 1. The van der Waals surface area contributed by atoms with Crippen molar-refractivity contribution in [2.24, 2.45) is 0 Å². The van der Waals surface area contributed by atoms with Gasteiger partial charge in [-0.25, -0.2) is 0 Å². The fraction of sp³-hybridized carbons (Fsp3) is 0.0588. The first-order valence-corrected chi connectivity index (χ1v) is 7.52. The fourth-order valence-corrected chi connectivity index (χ4v) is 2.61. The van der Waals surface area contributed by atoms with E-state index in [0.717, 1.165) is 30.3 Å². The molecule has 8 nitrogen and oxygen atoms in total. The number of carbonyl (C=O) groups is 1. The van der Waals surface area contributed by atoms with Gasteiger partial charge in [0, 0.05) is 35.0 Å². The van der Waals surface area contributed by atoms with Crippen molar-refractivity contribution in [1.29, 1.82) is 0 Å². The monoisotopic (exact) mass is 391 g/mol. The number of nitro groups is 1. The molecule has 144 valence electrons. The molecular formula is C17H8F3N3O5-2. The number of non-ortho nitro benzene ring substituents is 1. The zero-order valence-electron chi connectivity index (χ0n) is 13.6. The molecule has 0 saturated heterocycles. The van der Waals surface area contributed by atoms with E-state index in [1.165, 1.54) is 6.07 Å². The molecule has 3 rings (SSSR count). The largest absolute Gasteiger partial charge is 0.871 e. The lowest BCUT2D eigenvalue weighted by Gasteiger charge is -2.20. The summed E-state index contributed by atoms with van der Waals surface area (Å²) < 4.78 is 39.7. The normalized spacial score (nSPS) is 11.4. The standard InChI is InChI=1S/C17H10F3N3O5/c18-17(19,20)11-3-1-2-9-14(10(16(25)26)7-21-15(9)11)22-12-6-8(23(27)28)4-5-13(12)24/h1-7,24H,(H,21,22)(H,25,26)/p-2. The molecule has 1 N–H and O–H groups in total. The van der Waals surface area contributed by atoms with E-state index in [9.17, 15) is 38.3 Å². The third kappa shape index (κ3) is 3.37. The summed E-state index contributed by atoms with van der Waals surface area (Å²) in [6.45, 7) is 0. The molecule has 1 aromatic heterocycles. The Balaban J connectivity index is 2.27. The number of carboxylic acid groups (broad SMARTS) is 1. The zero-order valence-corrected chi connectivity index (χ0v) is 13.6. The topological polar surface area (TPSA) is 131 Å². The van der Waals surface area contributed by atoms with Crippen LogP contribution in [0.4, 0.5) is 30.2 Å². The van der Waals surface area contributed by atoms with Crippen LogP contribution in [0, 0.1) is 10.1 Å². The van der Waals surface area contributed by atoms with Gasteiger partial charge in [-0.1, -0.05) is 23.9 Å². The Kier molecular flexibility index (Phi) is 4.51. The van der Waals surface area contributed by atoms with Gasteiger partial charge in [-0.15, -0.1) is 0 Å². The molecule has 0 amide bonds. The van der Waals surface area contributed by atoms with Crippen molar-refractivity contribution in [2.45, 2.75) is 6.18 Å². The Morgan fingerprint density at radius 1 is 1.18 bits per heavy atom. The molecular weight excluding hydrogens is 383 g/mol. The molecule has 0 aliphatic rings. The summed E-state index contributed by atoms with van der Waals surface area (Å²) in [5.74, 6) is -2.49. The lowest BCUT2D eigenvalue weighted by molar-refractivity contribution is -0.385. The number of alkyl halides is 3. The average molecular weight is 391 g/mol. The number of aromatic nitrogens is 1. The molecule has 0 aliphatic heterocycles. The van der Waals surface area contributed by atoms with E-state index in [-0.39, 0.29) is 11.1 Å². The summed E-state index contributed by atoms with van der Waals surface area (Å²) in [5.41, 5.74) is -3.53. The van der Waals surface area contributed by atoms with Crippen LogP contribution >= 0.6 is 0 Å². The van der Waals surface area contributed by atoms with E-state index in [0.29, 0.717) is 6.20 Å². The number of anilines is 2. The lowest BCUT2D eigenvalue weighted by Crippen LogP contribution is -2.24. The zero-order chi connectivity index (χ0) is 20.6. The van der Waals surface area contributed by atoms with Crippen LogP contribution in [0.25, 0.3) is 10.9 Å². The van der Waals surface area contributed by atoms with E-state index in [1.807, 2.05) is 0 Å². The Morgan fingerprint density at radius 2 is 1.89 bits per heavy atom. The number of rotatable bonds is 4. The number of pyridine rings is 1. The van der Waals surface area contributed by atoms with Crippen LogP contribution in [0.5, 0.6) is 5.75 Å². The third-order valence-corrected chi connectivity index (χ3v) is 3.86. The summed E-state index contributed by atoms with van der Waals surface area (Å²) >= 11 is 0. The summed E-state index contributed by atoms with van der Waals surface area (Å²) in [6.07, 6.45) is -4.10. The highest BCUT2D eigenvalue weighted by atomic mass is 19.4. The second-order valence-corrected chi connectivity index (χ2v) is 5.60. The number of carbonyl (C=O) groups excluding carboxylic acids is 1. The molecule has 0 unspecified atom stereocenters. The average Bonchev–Trinajstić information content (AvgIpc) is 2.61. The maximum absolute atomic E-state index is 13.2. The maximum atomic E-state index is 13.2. The van der Waals surface area contributed by atoms with Gasteiger partial charge in [-0.2, -0.15) is 13.2 Å². The number of fused-ring (bicyclic) bond motifs is 1. The van der Waals surface area contributed by atoms with Crippen LogP contribution in [-0.4, -0.2) is 15.9 Å². The number of aromatic carboxylic acids is 1. The van der Waals surface area contributed by atoms with E-state index in [2.05, 4.69) is 10.3 Å². The molecule has 28 heavy (non-hydrogen) atoms. The highest BCUT2D eigenvalue weighted by Crippen LogP contribution is 2.38. The number of hydrogen-bond acceptors (Lipinski definition) is 7. The second-order valence-electron chi connectivity index (χ2n) is 5.60. The quantitative estimate of drug-likeness (QED) is 0.533. The minimum Gasteiger partial charge on any atom is -0.871 e. The van der Waals surface area contributed by atoms with Crippen LogP contribution in [0.15, 0.2) is 42.6 Å². The van der Waals surface area contributed by atoms with Gasteiger partial charge in [0.1, 0.15) is 0 Å². The summed E-state index contributed by atoms with van der Waals surface area (Å²) in [7, 11) is 0. The van der Waals surface area contributed by atoms with Crippen molar-refractivity contribution >= 4 is 33.9 Å². The molecule has 2 aromatic carbocycles. The smallest absolute Gasteiger partial charge is 0.418 e. The minimum absolute atomic E-state index is 0.248. The van der Waals surface area contributed by atoms with Crippen molar-refractivity contribution in [3.8, 4) is 5.75 Å². The van der Waals surface area contributed by atoms with Gasteiger partial charge in [0.05, 0.1) is 27.7 Å². The highest BCUT2D eigenvalue weighted by Gasteiger charge is 2.33. The Morgan fingerprint density at radius 3 is 2.50 bits per heavy atom. The van der Waals surface area contributed by atoms with E-state index < -0.39 is 50.8 Å². The van der Waals surface area contributed by atoms with Gasteiger partial charge in [0.25, 0.3) is 5.69 Å². The number of carboxylic acids is 1. The van der Waals surface area contributed by atoms with Crippen LogP contribution in [-0.2, 0) is 6.18 Å². The van der Waals surface area contributed by atoms with Gasteiger partial charge < -0.3 is 20.3 Å². The first-order chi connectivity index (χ1) is 13.1. The van der Waals surface area contributed by atoms with Crippen LogP contribution in [0.2, 0.25) is 0 Å². The summed E-state index contributed by atoms with van der Waals surface area (Å²) in [5, 5.41) is 36.4. The predicted molar refractivity (Wildman–Crippen MR) is 86.9 cm³/mol. The molecule has 0 atom stereocenters. The second kappa shape index (κ2) is 6.68. The highest BCUT2D eigenvalue weighted by molar-refractivity contribution is 6.05. The SMILES string of the molecule is O=C([O-])c1cnc2c(C(F)(F)F)cccc2c1Nc1cc([N+](=O)[O-])ccc1[O-]. The Hall–Kier alpha value is -3.89. The summed E-state index contributed by atoms with van der Waals surface area (Å²) in [4.78, 5) is 25.1. The van der Waals surface area contributed by atoms with Gasteiger partial charge in [0.15, 0.2) is 0 Å². The molecule has 1 heterocycles. The molecule has 0 radical (unpaired) electrons. The van der Waals surface area contributed by atoms with Gasteiger partial charge in [-0.3, -0.25) is 15.1 Å². The Labute approximate surface area is 154 Å². The maximum Gasteiger partial charge on any atom is 0.418 e. The van der Waals surface area contributed by atoms with Crippen LogP contribution < -0.4 is 15.5 Å². The molecule has 0 spiro atoms. The van der Waals surface area contributed by atoms with E-state index in [1.54, 1.807) is 0 Å². The van der Waals surface area contributed by atoms with Crippen molar-refractivity contribution < 1.29 is 33.1 Å². The van der Waals surface area contributed by atoms with E-state index >= 15 is 0 Å². The number of hydrogen-bond donors (Lipinski definition) is 1. The van der Waals surface area contributed by atoms with Gasteiger partial charge in [0.2, 0.25) is 0 Å². The van der Waals surface area contributed by atoms with Gasteiger partial charge >= 0.3 is 6.18 Å². The molecule has 0 aliphatic carbocycles. The molecule has 3 aromatic rings. The first kappa shape index (κ1) is 18.9. The predicted octanol–water partition coefficient (Wildman–Crippen LogP) is 2.34. The van der Waals surface area contributed by atoms with Crippen molar-refractivity contribution in [3.63, 3.8) is 0 Å². The molecule has 0 saturated carbocycles. The van der Waals surface area contributed by atoms with Crippen molar-refractivity contribution in [1.82, 2.24) is 4.98 Å². The summed E-state index contributed by atoms with van der Waals surface area (Å²) in [6, 6.07) is 5.66. The van der Waals surface area contributed by atoms with Crippen molar-refractivity contribution in [2.75, 3.05) is 5.32 Å². The molecule has 0 bridgehead atoms. The number of halogens is 3. The number of nitrogens with one attached hydrogen (secondary N) is 1. The minimum atomic E-state index is -4.76. The van der Waals surface area contributed by atoms with Crippen molar-refractivity contribution in [3.05, 3.63) is 63.8 Å². The lowest BCUT2D eigenvalue weighted by atomic mass is 10.0. The van der Waals surface area contributed by atoms with E-state index in [4.69, 9.17) is 0 Å². The molecule has 0 fully saturated rings.